The van der Waals surface area contributed by atoms with E-state index in [-0.39, 0.29) is 11.6 Å². The van der Waals surface area contributed by atoms with Gasteiger partial charge in [0, 0.05) is 0 Å². The van der Waals surface area contributed by atoms with E-state index in [0.717, 1.165) is 6.92 Å². The Bertz CT molecular complexity index is 625. The van der Waals surface area contributed by atoms with Crippen molar-refractivity contribution in [2.75, 3.05) is 0 Å². The monoisotopic (exact) mass is 303 g/mol. The Morgan fingerprint density at radius 3 is 2.26 bits per heavy atom. The Kier molecular flexibility index (Phi) is 3.70. The lowest BCUT2D eigenvalue weighted by Gasteiger charge is -2.11. The van der Waals surface area contributed by atoms with Gasteiger partial charge in [-0.1, -0.05) is 0 Å². The second kappa shape index (κ2) is 4.64. The van der Waals surface area contributed by atoms with Crippen molar-refractivity contribution in [3.63, 3.8) is 0 Å². The standard InChI is InChI=1S/C8H5F4NO5S/c1-4-2-5(9)6(13(14)15)3-7(4)18-19(16,17)8(10,11)12/h2-3H,1H3. The number of benzene rings is 1. The Hall–Kier alpha value is -1.91. The predicted octanol–water partition coefficient (Wildman–Crippen LogP) is 2.27. The molecule has 1 aromatic rings. The maximum Gasteiger partial charge on any atom is 0.534 e. The third-order valence-electron chi connectivity index (χ3n) is 1.92. The molecule has 0 bridgehead atoms. The van der Waals surface area contributed by atoms with Gasteiger partial charge in [-0.15, -0.1) is 0 Å². The Balaban J connectivity index is 3.31. The third-order valence-corrected chi connectivity index (χ3v) is 2.89. The summed E-state index contributed by atoms with van der Waals surface area (Å²) in [5.41, 5.74) is -7.23. The lowest BCUT2D eigenvalue weighted by Crippen LogP contribution is -2.28. The van der Waals surface area contributed by atoms with E-state index < -0.39 is 37.8 Å². The number of aryl methyl sites for hydroxylation is 1. The fraction of sp³-hybridized carbons (Fsp3) is 0.250. The smallest absolute Gasteiger partial charge is 0.375 e. The van der Waals surface area contributed by atoms with Crippen LogP contribution in [0.2, 0.25) is 0 Å². The number of nitro groups is 1. The van der Waals surface area contributed by atoms with Crippen molar-refractivity contribution in [1.29, 1.82) is 0 Å². The molecule has 0 amide bonds. The summed E-state index contributed by atoms with van der Waals surface area (Å²) in [5, 5.41) is 10.4. The summed E-state index contributed by atoms with van der Waals surface area (Å²) in [4.78, 5) is 9.17. The molecule has 106 valence electrons. The van der Waals surface area contributed by atoms with E-state index in [0.29, 0.717) is 6.07 Å². The SMILES string of the molecule is Cc1cc(F)c([N+](=O)[O-])cc1OS(=O)(=O)C(F)(F)F. The Morgan fingerprint density at radius 1 is 1.32 bits per heavy atom. The highest BCUT2D eigenvalue weighted by molar-refractivity contribution is 7.88. The lowest BCUT2D eigenvalue weighted by atomic mass is 10.2. The summed E-state index contributed by atoms with van der Waals surface area (Å²) in [6, 6.07) is 0.771. The molecular formula is C8H5F4NO5S. The number of hydrogen-bond acceptors (Lipinski definition) is 5. The van der Waals surface area contributed by atoms with Gasteiger partial charge in [0.1, 0.15) is 0 Å². The van der Waals surface area contributed by atoms with E-state index in [1.165, 1.54) is 0 Å². The fourth-order valence-corrected chi connectivity index (χ4v) is 1.55. The summed E-state index contributed by atoms with van der Waals surface area (Å²) < 4.78 is 74.5. The number of nitrogens with zero attached hydrogens (tertiary/aromatic N) is 1. The van der Waals surface area contributed by atoms with E-state index in [2.05, 4.69) is 4.18 Å². The van der Waals surface area contributed by atoms with Crippen molar-refractivity contribution in [2.45, 2.75) is 12.4 Å². The summed E-state index contributed by atoms with van der Waals surface area (Å²) in [6.45, 7) is 1.04. The second-order valence-corrected chi connectivity index (χ2v) is 4.85. The normalized spacial score (nSPS) is 12.3. The first-order chi connectivity index (χ1) is 8.45. The number of halogens is 4. The number of alkyl halides is 3. The van der Waals surface area contributed by atoms with E-state index in [9.17, 15) is 36.1 Å². The molecule has 0 aliphatic rings. The Morgan fingerprint density at radius 2 is 1.84 bits per heavy atom. The van der Waals surface area contributed by atoms with Crippen LogP contribution < -0.4 is 4.18 Å². The van der Waals surface area contributed by atoms with Crippen LogP contribution in [-0.2, 0) is 10.1 Å². The maximum atomic E-state index is 13.1. The minimum Gasteiger partial charge on any atom is -0.375 e. The first-order valence-electron chi connectivity index (χ1n) is 4.41. The van der Waals surface area contributed by atoms with Crippen molar-refractivity contribution in [1.82, 2.24) is 0 Å². The minimum absolute atomic E-state index is 0.272. The van der Waals surface area contributed by atoms with Crippen LogP contribution in [-0.4, -0.2) is 18.8 Å². The molecule has 0 spiro atoms. The third kappa shape index (κ3) is 3.10. The maximum absolute atomic E-state index is 13.1. The van der Waals surface area contributed by atoms with E-state index in [1.807, 2.05) is 0 Å². The van der Waals surface area contributed by atoms with Crippen molar-refractivity contribution in [3.8, 4) is 5.75 Å². The molecule has 0 heterocycles. The van der Waals surface area contributed by atoms with Gasteiger partial charge >= 0.3 is 21.3 Å². The number of hydrogen-bond donors (Lipinski definition) is 0. The molecule has 1 rings (SSSR count). The highest BCUT2D eigenvalue weighted by atomic mass is 32.2. The van der Waals surface area contributed by atoms with Crippen LogP contribution in [0.25, 0.3) is 0 Å². The molecule has 0 fully saturated rings. The zero-order valence-electron chi connectivity index (χ0n) is 9.06. The molecule has 19 heavy (non-hydrogen) atoms. The number of rotatable bonds is 3. The highest BCUT2D eigenvalue weighted by Gasteiger charge is 2.48. The summed E-state index contributed by atoms with van der Waals surface area (Å²) in [5.74, 6) is -2.29. The molecule has 0 aliphatic carbocycles. The van der Waals surface area contributed by atoms with Crippen LogP contribution in [0.1, 0.15) is 5.56 Å². The molecule has 0 radical (unpaired) electrons. The van der Waals surface area contributed by atoms with Gasteiger partial charge in [-0.2, -0.15) is 26.0 Å². The molecule has 0 aromatic heterocycles. The zero-order valence-corrected chi connectivity index (χ0v) is 9.88. The van der Waals surface area contributed by atoms with Crippen molar-refractivity contribution in [3.05, 3.63) is 33.6 Å². The predicted molar refractivity (Wildman–Crippen MR) is 53.4 cm³/mol. The fourth-order valence-electron chi connectivity index (χ4n) is 1.04. The van der Waals surface area contributed by atoms with E-state index >= 15 is 0 Å². The topological polar surface area (TPSA) is 86.5 Å². The van der Waals surface area contributed by atoms with Gasteiger partial charge in [0.05, 0.1) is 11.0 Å². The van der Waals surface area contributed by atoms with Gasteiger partial charge in [-0.3, -0.25) is 10.1 Å². The summed E-state index contributed by atoms with van der Waals surface area (Å²) in [6.07, 6.45) is 0. The van der Waals surface area contributed by atoms with Gasteiger partial charge in [-0.25, -0.2) is 0 Å². The van der Waals surface area contributed by atoms with Gasteiger partial charge in [0.2, 0.25) is 5.82 Å². The number of nitro benzene ring substituents is 1. The molecule has 1 aromatic carbocycles. The summed E-state index contributed by atoms with van der Waals surface area (Å²) in [7, 11) is -5.97. The van der Waals surface area contributed by atoms with Gasteiger partial charge in [0.15, 0.2) is 5.75 Å². The van der Waals surface area contributed by atoms with E-state index in [4.69, 9.17) is 0 Å². The molecule has 0 unspecified atom stereocenters. The highest BCUT2D eigenvalue weighted by Crippen LogP contribution is 2.32. The van der Waals surface area contributed by atoms with Crippen LogP contribution >= 0.6 is 0 Å². The average molecular weight is 303 g/mol. The van der Waals surface area contributed by atoms with Gasteiger partial charge in [-0.05, 0) is 18.6 Å². The molecule has 0 saturated carbocycles. The lowest BCUT2D eigenvalue weighted by molar-refractivity contribution is -0.387. The van der Waals surface area contributed by atoms with Gasteiger partial charge < -0.3 is 4.18 Å². The molecule has 11 heteroatoms. The van der Waals surface area contributed by atoms with Crippen molar-refractivity contribution >= 4 is 15.8 Å². The second-order valence-electron chi connectivity index (χ2n) is 3.31. The van der Waals surface area contributed by atoms with Gasteiger partial charge in [0.25, 0.3) is 0 Å². The van der Waals surface area contributed by atoms with Crippen LogP contribution in [0.3, 0.4) is 0 Å². The first-order valence-corrected chi connectivity index (χ1v) is 5.82. The molecule has 0 aliphatic heterocycles. The van der Waals surface area contributed by atoms with Crippen molar-refractivity contribution in [2.24, 2.45) is 0 Å². The Labute approximate surface area is 103 Å². The molecule has 0 atom stereocenters. The van der Waals surface area contributed by atoms with E-state index in [1.54, 1.807) is 0 Å². The van der Waals surface area contributed by atoms with Crippen LogP contribution in [0.15, 0.2) is 12.1 Å². The largest absolute Gasteiger partial charge is 0.534 e. The van der Waals surface area contributed by atoms with Crippen LogP contribution in [0.4, 0.5) is 23.2 Å². The molecule has 6 nitrogen and oxygen atoms in total. The van der Waals surface area contributed by atoms with Crippen LogP contribution in [0.5, 0.6) is 5.75 Å². The van der Waals surface area contributed by atoms with Crippen molar-refractivity contribution < 1.29 is 35.1 Å². The average Bonchev–Trinajstić information content (AvgIpc) is 2.19. The zero-order chi connectivity index (χ0) is 15.0. The minimum atomic E-state index is -5.97. The first kappa shape index (κ1) is 15.1. The molecule has 0 N–H and O–H groups in total. The van der Waals surface area contributed by atoms with Crippen LogP contribution in [0, 0.1) is 22.9 Å². The quantitative estimate of drug-likeness (QED) is 0.281. The molecule has 0 saturated heterocycles. The summed E-state index contributed by atoms with van der Waals surface area (Å²) >= 11 is 0. The molecular weight excluding hydrogens is 298 g/mol.